The van der Waals surface area contributed by atoms with Gasteiger partial charge in [0.2, 0.25) is 0 Å². The van der Waals surface area contributed by atoms with E-state index in [1.165, 1.54) is 0 Å². The van der Waals surface area contributed by atoms with Gasteiger partial charge in [-0.15, -0.1) is 11.3 Å². The molecule has 3 nitrogen and oxygen atoms in total. The Bertz CT molecular complexity index is 436. The summed E-state index contributed by atoms with van der Waals surface area (Å²) in [6.45, 7) is 3.50. The zero-order valence-electron chi connectivity index (χ0n) is 9.70. The Morgan fingerprint density at radius 2 is 2.47 bits per heavy atom. The van der Waals surface area contributed by atoms with E-state index in [2.05, 4.69) is 12.2 Å². The van der Waals surface area contributed by atoms with E-state index in [0.717, 1.165) is 34.2 Å². The molecule has 0 aliphatic carbocycles. The molecule has 5 heteroatoms. The minimum atomic E-state index is -0.524. The Hall–Kier alpha value is -0.130. The van der Waals surface area contributed by atoms with Crippen LogP contribution in [0.1, 0.15) is 36.3 Å². The Balaban J connectivity index is 2.04. The van der Waals surface area contributed by atoms with Crippen molar-refractivity contribution in [1.82, 2.24) is 5.32 Å². The molecular weight excluding hydrogens is 258 g/mol. The predicted molar refractivity (Wildman–Crippen MR) is 68.6 cm³/mol. The number of aliphatic hydroxyl groups excluding tert-OH is 1. The van der Waals surface area contributed by atoms with Crippen molar-refractivity contribution >= 4 is 22.9 Å². The lowest BCUT2D eigenvalue weighted by molar-refractivity contribution is -0.121. The molecule has 3 atom stereocenters. The minimum Gasteiger partial charge on any atom is -0.386 e. The van der Waals surface area contributed by atoms with Gasteiger partial charge in [0, 0.05) is 16.5 Å². The van der Waals surface area contributed by atoms with Gasteiger partial charge >= 0.3 is 0 Å². The fourth-order valence-corrected chi connectivity index (χ4v) is 4.37. The Morgan fingerprint density at radius 3 is 3.24 bits per heavy atom. The predicted octanol–water partition coefficient (Wildman–Crippen LogP) is 2.43. The first kappa shape index (κ1) is 11.9. The molecule has 0 aromatic carbocycles. The number of hydrogen-bond donors (Lipinski definition) is 2. The standard InChI is InChI=1S/C12H16ClNO2S/c1-7-5-12(2-3-14-7)11-8(4-10(13)17-11)9(15)6-16-12/h4,7,9,14-15H,2-3,5-6H2,1H3/t7-,9?,12+/m0/s1. The molecule has 1 aromatic rings. The fourth-order valence-electron chi connectivity index (χ4n) is 2.90. The van der Waals surface area contributed by atoms with Crippen LogP contribution in [0, 0.1) is 0 Å². The van der Waals surface area contributed by atoms with Gasteiger partial charge in [-0.25, -0.2) is 0 Å². The highest BCUT2D eigenvalue weighted by Gasteiger charge is 2.44. The third-order valence-corrected chi connectivity index (χ3v) is 5.14. The lowest BCUT2D eigenvalue weighted by Gasteiger charge is -2.43. The first-order valence-electron chi connectivity index (χ1n) is 5.96. The average Bonchev–Trinajstić information content (AvgIpc) is 2.68. The second kappa shape index (κ2) is 4.21. The number of thiophene rings is 1. The van der Waals surface area contributed by atoms with Crippen molar-refractivity contribution in [1.29, 1.82) is 0 Å². The molecule has 2 N–H and O–H groups in total. The number of fused-ring (bicyclic) bond motifs is 2. The summed E-state index contributed by atoms with van der Waals surface area (Å²) in [6, 6.07) is 2.33. The van der Waals surface area contributed by atoms with Crippen LogP contribution < -0.4 is 5.32 Å². The quantitative estimate of drug-likeness (QED) is 0.763. The van der Waals surface area contributed by atoms with E-state index in [0.29, 0.717) is 12.6 Å². The van der Waals surface area contributed by atoms with Crippen molar-refractivity contribution in [2.24, 2.45) is 0 Å². The molecule has 2 aliphatic heterocycles. The van der Waals surface area contributed by atoms with Gasteiger partial charge in [0.05, 0.1) is 10.9 Å². The summed E-state index contributed by atoms with van der Waals surface area (Å²) >= 11 is 7.65. The van der Waals surface area contributed by atoms with Crippen LogP contribution in [-0.4, -0.2) is 24.3 Å². The van der Waals surface area contributed by atoms with Crippen molar-refractivity contribution < 1.29 is 9.84 Å². The van der Waals surface area contributed by atoms with E-state index in [4.69, 9.17) is 16.3 Å². The van der Waals surface area contributed by atoms with Crippen molar-refractivity contribution in [2.45, 2.75) is 37.5 Å². The van der Waals surface area contributed by atoms with Gasteiger partial charge in [0.25, 0.3) is 0 Å². The monoisotopic (exact) mass is 273 g/mol. The third-order valence-electron chi connectivity index (χ3n) is 3.68. The van der Waals surface area contributed by atoms with Crippen LogP contribution in [0.15, 0.2) is 6.07 Å². The first-order valence-corrected chi connectivity index (χ1v) is 7.15. The molecule has 0 bridgehead atoms. The molecule has 17 heavy (non-hydrogen) atoms. The molecule has 0 radical (unpaired) electrons. The Kier molecular flexibility index (Phi) is 2.96. The largest absolute Gasteiger partial charge is 0.386 e. The van der Waals surface area contributed by atoms with Gasteiger partial charge in [0.1, 0.15) is 11.7 Å². The molecule has 3 heterocycles. The molecule has 1 fully saturated rings. The zero-order valence-corrected chi connectivity index (χ0v) is 11.3. The van der Waals surface area contributed by atoms with Crippen LogP contribution >= 0.6 is 22.9 Å². The zero-order chi connectivity index (χ0) is 12.0. The molecule has 2 aliphatic rings. The van der Waals surface area contributed by atoms with Gasteiger partial charge in [-0.05, 0) is 32.4 Å². The van der Waals surface area contributed by atoms with E-state index in [1.807, 2.05) is 6.07 Å². The summed E-state index contributed by atoms with van der Waals surface area (Å²) < 4.78 is 6.73. The SMILES string of the molecule is C[C@H]1C[C@@]2(CCN1)OCC(O)c1cc(Cl)sc12. The normalized spacial score (nSPS) is 37.1. The molecule has 1 spiro atoms. The maximum Gasteiger partial charge on any atom is 0.105 e. The lowest BCUT2D eigenvalue weighted by atomic mass is 9.82. The van der Waals surface area contributed by atoms with Crippen LogP contribution in [0.2, 0.25) is 4.34 Å². The molecule has 0 saturated carbocycles. The van der Waals surface area contributed by atoms with Crippen molar-refractivity contribution in [3.05, 3.63) is 20.8 Å². The van der Waals surface area contributed by atoms with Crippen LogP contribution in [0.3, 0.4) is 0 Å². The molecule has 1 saturated heterocycles. The van der Waals surface area contributed by atoms with E-state index in [-0.39, 0.29) is 5.60 Å². The summed E-state index contributed by atoms with van der Waals surface area (Å²) in [5.41, 5.74) is 0.747. The maximum atomic E-state index is 9.96. The summed E-state index contributed by atoms with van der Waals surface area (Å²) in [5, 5.41) is 13.4. The van der Waals surface area contributed by atoms with Crippen molar-refractivity contribution in [3.8, 4) is 0 Å². The average molecular weight is 274 g/mol. The van der Waals surface area contributed by atoms with E-state index in [9.17, 15) is 5.11 Å². The minimum absolute atomic E-state index is 0.225. The highest BCUT2D eigenvalue weighted by Crippen LogP contribution is 2.48. The second-order valence-corrected chi connectivity index (χ2v) is 6.65. The molecule has 1 unspecified atom stereocenters. The Morgan fingerprint density at radius 1 is 1.65 bits per heavy atom. The van der Waals surface area contributed by atoms with Gasteiger partial charge in [-0.2, -0.15) is 0 Å². The van der Waals surface area contributed by atoms with Gasteiger partial charge in [0.15, 0.2) is 0 Å². The molecule has 1 aromatic heterocycles. The molecule has 3 rings (SSSR count). The van der Waals surface area contributed by atoms with Gasteiger partial charge in [-0.1, -0.05) is 11.6 Å². The third kappa shape index (κ3) is 1.92. The van der Waals surface area contributed by atoms with Crippen LogP contribution in [-0.2, 0) is 10.3 Å². The van der Waals surface area contributed by atoms with Gasteiger partial charge in [-0.3, -0.25) is 0 Å². The number of hydrogen-bond acceptors (Lipinski definition) is 4. The smallest absolute Gasteiger partial charge is 0.105 e. The maximum absolute atomic E-state index is 9.96. The van der Waals surface area contributed by atoms with Crippen LogP contribution in [0.25, 0.3) is 0 Å². The number of piperidine rings is 1. The van der Waals surface area contributed by atoms with Crippen molar-refractivity contribution in [2.75, 3.05) is 13.2 Å². The molecule has 0 amide bonds. The van der Waals surface area contributed by atoms with Gasteiger partial charge < -0.3 is 15.2 Å². The van der Waals surface area contributed by atoms with Crippen LogP contribution in [0.4, 0.5) is 0 Å². The highest BCUT2D eigenvalue weighted by molar-refractivity contribution is 7.16. The number of aliphatic hydroxyl groups is 1. The summed E-state index contributed by atoms with van der Waals surface area (Å²) in [4.78, 5) is 1.13. The van der Waals surface area contributed by atoms with E-state index >= 15 is 0 Å². The number of halogens is 1. The highest BCUT2D eigenvalue weighted by atomic mass is 35.5. The number of nitrogens with one attached hydrogen (secondary N) is 1. The fraction of sp³-hybridized carbons (Fsp3) is 0.667. The molecular formula is C12H16ClNO2S. The summed E-state index contributed by atoms with van der Waals surface area (Å²) in [5.74, 6) is 0. The topological polar surface area (TPSA) is 41.5 Å². The van der Waals surface area contributed by atoms with E-state index in [1.54, 1.807) is 11.3 Å². The lowest BCUT2D eigenvalue weighted by Crippen LogP contribution is -2.48. The van der Waals surface area contributed by atoms with Crippen LogP contribution in [0.5, 0.6) is 0 Å². The van der Waals surface area contributed by atoms with E-state index < -0.39 is 6.10 Å². The number of ether oxygens (including phenoxy) is 1. The van der Waals surface area contributed by atoms with Crippen molar-refractivity contribution in [3.63, 3.8) is 0 Å². The summed E-state index contributed by atoms with van der Waals surface area (Å²) in [6.07, 6.45) is 1.38. The second-order valence-electron chi connectivity index (χ2n) is 4.97. The molecule has 94 valence electrons. The number of rotatable bonds is 0. The summed E-state index contributed by atoms with van der Waals surface area (Å²) in [7, 11) is 0. The first-order chi connectivity index (χ1) is 8.11. The Labute approximate surface area is 110 Å².